The first kappa shape index (κ1) is 24.2. The minimum Gasteiger partial charge on any atom is -0.497 e. The third kappa shape index (κ3) is 6.46. The van der Waals surface area contributed by atoms with Crippen LogP contribution in [0.5, 0.6) is 5.75 Å². The number of ether oxygens (including phenoxy) is 1. The number of hydrazine groups is 1. The summed E-state index contributed by atoms with van der Waals surface area (Å²) in [5.74, 6) is -2.80. The second-order valence-electron chi connectivity index (χ2n) is 6.63. The van der Waals surface area contributed by atoms with Gasteiger partial charge in [0, 0.05) is 24.5 Å². The Bertz CT molecular complexity index is 992. The SMILES string of the molecule is COc1ccc(NC(=O)N(OC(=O)C(F)(F)F)N(CC(C)C)c2ccnc(C#N)n2)cc1. The van der Waals surface area contributed by atoms with E-state index in [1.165, 1.54) is 43.6 Å². The number of carbonyl (C=O) groups is 2. The van der Waals surface area contributed by atoms with Gasteiger partial charge in [0.05, 0.1) is 7.11 Å². The van der Waals surface area contributed by atoms with Gasteiger partial charge in [-0.25, -0.2) is 19.6 Å². The maximum absolute atomic E-state index is 12.9. The van der Waals surface area contributed by atoms with Crippen LogP contribution in [0.1, 0.15) is 19.7 Å². The molecular formula is C19H19F3N6O4. The van der Waals surface area contributed by atoms with Crippen molar-refractivity contribution in [1.29, 1.82) is 5.26 Å². The van der Waals surface area contributed by atoms with Crippen molar-refractivity contribution in [2.45, 2.75) is 20.0 Å². The second-order valence-corrected chi connectivity index (χ2v) is 6.63. The first-order valence-electron chi connectivity index (χ1n) is 9.10. The molecule has 10 nitrogen and oxygen atoms in total. The zero-order valence-electron chi connectivity index (χ0n) is 17.3. The highest BCUT2D eigenvalue weighted by Crippen LogP contribution is 2.23. The summed E-state index contributed by atoms with van der Waals surface area (Å²) < 4.78 is 43.7. The molecule has 32 heavy (non-hydrogen) atoms. The van der Waals surface area contributed by atoms with Crippen molar-refractivity contribution >= 4 is 23.5 Å². The van der Waals surface area contributed by atoms with Crippen LogP contribution in [0.2, 0.25) is 0 Å². The molecule has 0 radical (unpaired) electrons. The number of alkyl halides is 3. The number of urea groups is 1. The number of nitrogens with zero attached hydrogens (tertiary/aromatic N) is 5. The summed E-state index contributed by atoms with van der Waals surface area (Å²) in [6, 6.07) is 7.62. The van der Waals surface area contributed by atoms with E-state index < -0.39 is 18.2 Å². The first-order chi connectivity index (χ1) is 15.0. The summed E-state index contributed by atoms with van der Waals surface area (Å²) in [4.78, 5) is 36.4. The van der Waals surface area contributed by atoms with Crippen LogP contribution in [0.25, 0.3) is 0 Å². The van der Waals surface area contributed by atoms with Gasteiger partial charge in [-0.05, 0) is 35.4 Å². The number of anilines is 2. The molecule has 1 N–H and O–H groups in total. The number of hydroxylamine groups is 1. The summed E-state index contributed by atoms with van der Waals surface area (Å²) in [5.41, 5.74) is 0.189. The van der Waals surface area contributed by atoms with E-state index in [9.17, 15) is 22.8 Å². The molecule has 0 bridgehead atoms. The predicted molar refractivity (Wildman–Crippen MR) is 105 cm³/mol. The maximum atomic E-state index is 12.9. The number of amides is 2. The summed E-state index contributed by atoms with van der Waals surface area (Å²) in [5, 5.41) is 12.4. The largest absolute Gasteiger partial charge is 0.497 e. The average Bonchev–Trinajstić information content (AvgIpc) is 2.75. The molecule has 0 spiro atoms. The zero-order chi connectivity index (χ0) is 23.9. The fraction of sp³-hybridized carbons (Fsp3) is 0.316. The third-order valence-electron chi connectivity index (χ3n) is 3.68. The molecule has 0 saturated heterocycles. The standard InChI is InChI=1S/C19H19F3N6O4/c1-12(2)11-27(16-8-9-24-15(10-23)26-16)28(32-17(29)19(20,21)22)18(30)25-13-4-6-14(31-3)7-5-13/h4-9,12H,11H2,1-3H3,(H,25,30). The molecule has 0 aliphatic rings. The number of methoxy groups -OCH3 is 1. The molecule has 1 aromatic heterocycles. The Morgan fingerprint density at radius 1 is 1.22 bits per heavy atom. The Balaban J connectivity index is 2.45. The van der Waals surface area contributed by atoms with Crippen LogP contribution >= 0.6 is 0 Å². The molecule has 2 rings (SSSR count). The lowest BCUT2D eigenvalue weighted by Crippen LogP contribution is -2.53. The molecule has 170 valence electrons. The average molecular weight is 452 g/mol. The van der Waals surface area contributed by atoms with E-state index in [4.69, 9.17) is 10.00 Å². The Hall–Kier alpha value is -4.08. The van der Waals surface area contributed by atoms with E-state index in [2.05, 4.69) is 20.1 Å². The van der Waals surface area contributed by atoms with Gasteiger partial charge in [-0.15, -0.1) is 0 Å². The van der Waals surface area contributed by atoms with Crippen LogP contribution in [-0.2, 0) is 9.63 Å². The number of nitriles is 1. The molecule has 0 unspecified atom stereocenters. The van der Waals surface area contributed by atoms with Crippen LogP contribution < -0.4 is 15.1 Å². The number of nitrogens with one attached hydrogen (secondary N) is 1. The molecule has 0 saturated carbocycles. The van der Waals surface area contributed by atoms with E-state index in [1.807, 2.05) is 0 Å². The van der Waals surface area contributed by atoms with Crippen LogP contribution in [0, 0.1) is 17.2 Å². The summed E-state index contributed by atoms with van der Waals surface area (Å²) in [6.07, 6.45) is -4.19. The molecule has 13 heteroatoms. The van der Waals surface area contributed by atoms with Gasteiger partial charge in [0.25, 0.3) is 0 Å². The normalized spacial score (nSPS) is 10.8. The van der Waals surface area contributed by atoms with Crippen molar-refractivity contribution in [1.82, 2.24) is 15.1 Å². The van der Waals surface area contributed by atoms with Gasteiger partial charge >= 0.3 is 18.2 Å². The predicted octanol–water partition coefficient (Wildman–Crippen LogP) is 3.29. The fourth-order valence-corrected chi connectivity index (χ4v) is 2.33. The molecule has 0 aliphatic heterocycles. The van der Waals surface area contributed by atoms with Crippen LogP contribution in [-0.4, -0.2) is 47.0 Å². The van der Waals surface area contributed by atoms with Crippen molar-refractivity contribution < 1.29 is 32.3 Å². The summed E-state index contributed by atoms with van der Waals surface area (Å²) in [6.45, 7) is 3.33. The number of hydrogen-bond acceptors (Lipinski definition) is 8. The van der Waals surface area contributed by atoms with E-state index in [0.29, 0.717) is 5.75 Å². The van der Waals surface area contributed by atoms with Gasteiger partial charge in [0.2, 0.25) is 5.82 Å². The molecule has 2 aromatic rings. The van der Waals surface area contributed by atoms with E-state index in [-0.39, 0.29) is 35.0 Å². The Morgan fingerprint density at radius 3 is 2.41 bits per heavy atom. The molecular weight excluding hydrogens is 433 g/mol. The fourth-order valence-electron chi connectivity index (χ4n) is 2.33. The molecule has 0 fully saturated rings. The van der Waals surface area contributed by atoms with Crippen molar-refractivity contribution in [3.8, 4) is 11.8 Å². The van der Waals surface area contributed by atoms with Gasteiger partial charge in [-0.2, -0.15) is 23.4 Å². The molecule has 1 heterocycles. The lowest BCUT2D eigenvalue weighted by Gasteiger charge is -2.34. The molecule has 1 aromatic carbocycles. The number of halogens is 3. The zero-order valence-corrected chi connectivity index (χ0v) is 17.3. The Morgan fingerprint density at radius 2 is 1.88 bits per heavy atom. The first-order valence-corrected chi connectivity index (χ1v) is 9.10. The van der Waals surface area contributed by atoms with Crippen LogP contribution in [0.3, 0.4) is 0 Å². The highest BCUT2D eigenvalue weighted by molar-refractivity contribution is 5.90. The number of hydrogen-bond donors (Lipinski definition) is 1. The highest BCUT2D eigenvalue weighted by Gasteiger charge is 2.45. The number of benzene rings is 1. The lowest BCUT2D eigenvalue weighted by molar-refractivity contribution is -0.229. The smallest absolute Gasteiger partial charge is 0.493 e. The number of aromatic nitrogens is 2. The van der Waals surface area contributed by atoms with Gasteiger partial charge in [-0.1, -0.05) is 13.8 Å². The van der Waals surface area contributed by atoms with E-state index in [0.717, 1.165) is 5.01 Å². The van der Waals surface area contributed by atoms with E-state index in [1.54, 1.807) is 19.9 Å². The highest BCUT2D eigenvalue weighted by atomic mass is 19.4. The lowest BCUT2D eigenvalue weighted by atomic mass is 10.2. The minimum absolute atomic E-state index is 0.0942. The van der Waals surface area contributed by atoms with Crippen LogP contribution in [0.15, 0.2) is 36.5 Å². The maximum Gasteiger partial charge on any atom is 0.493 e. The van der Waals surface area contributed by atoms with Crippen molar-refractivity contribution in [2.24, 2.45) is 5.92 Å². The number of rotatable bonds is 6. The summed E-state index contributed by atoms with van der Waals surface area (Å²) in [7, 11) is 1.44. The number of carbonyl (C=O) groups excluding carboxylic acids is 2. The molecule has 0 aliphatic carbocycles. The second kappa shape index (κ2) is 10.3. The molecule has 2 amide bonds. The molecule has 0 atom stereocenters. The Kier molecular flexibility index (Phi) is 7.78. The monoisotopic (exact) mass is 452 g/mol. The van der Waals surface area contributed by atoms with Gasteiger partial charge in [0.15, 0.2) is 5.82 Å². The Labute approximate surface area is 181 Å². The van der Waals surface area contributed by atoms with Crippen LogP contribution in [0.4, 0.5) is 29.5 Å². The minimum atomic E-state index is -5.37. The van der Waals surface area contributed by atoms with E-state index >= 15 is 0 Å². The van der Waals surface area contributed by atoms with Gasteiger partial charge < -0.3 is 14.9 Å². The topological polar surface area (TPSA) is 121 Å². The summed E-state index contributed by atoms with van der Waals surface area (Å²) >= 11 is 0. The van der Waals surface area contributed by atoms with Gasteiger partial charge in [0.1, 0.15) is 11.8 Å². The van der Waals surface area contributed by atoms with Crippen molar-refractivity contribution in [3.05, 3.63) is 42.4 Å². The quantitative estimate of drug-likeness (QED) is 0.663. The third-order valence-corrected chi connectivity index (χ3v) is 3.68. The van der Waals surface area contributed by atoms with Crippen molar-refractivity contribution in [3.63, 3.8) is 0 Å². The van der Waals surface area contributed by atoms with Crippen molar-refractivity contribution in [2.75, 3.05) is 24.0 Å². The van der Waals surface area contributed by atoms with Gasteiger partial charge in [-0.3, -0.25) is 0 Å².